The molecule has 2 heteroatoms. The van der Waals surface area contributed by atoms with Gasteiger partial charge in [0.15, 0.2) is 0 Å². The van der Waals surface area contributed by atoms with E-state index in [2.05, 4.69) is 104 Å². The van der Waals surface area contributed by atoms with Gasteiger partial charge in [-0.05, 0) is 43.7 Å². The fraction of sp³-hybridized carbons (Fsp3) is 0.595. The van der Waals surface area contributed by atoms with Crippen molar-refractivity contribution in [1.29, 1.82) is 0 Å². The highest BCUT2D eigenvalue weighted by atomic mass is 15.2. The van der Waals surface area contributed by atoms with Crippen molar-refractivity contribution in [2.75, 3.05) is 0 Å². The highest BCUT2D eigenvalue weighted by Gasteiger charge is 2.26. The van der Waals surface area contributed by atoms with Gasteiger partial charge in [0.2, 0.25) is 0 Å². The highest BCUT2D eigenvalue weighted by Crippen LogP contribution is 2.22. The van der Waals surface area contributed by atoms with E-state index in [1.54, 1.807) is 0 Å². The standard InChI is InChI=1S/C37H57N2/c1-5-6-7-8-9-10-11-12-13-14-15-16-23-28-38-36(29-33(4)35-26-21-18-22-27-35)31-39(32(2)3)37(38)30-34-24-19-17-20-25-34/h17-22,24-27,31-33H,5-16,23,28-30H2,1-4H3/q+1. The maximum Gasteiger partial charge on any atom is 0.261 e. The third kappa shape index (κ3) is 11.0. The summed E-state index contributed by atoms with van der Waals surface area (Å²) < 4.78 is 5.23. The molecule has 214 valence electrons. The van der Waals surface area contributed by atoms with Crippen LogP contribution in [-0.4, -0.2) is 4.57 Å². The lowest BCUT2D eigenvalue weighted by Gasteiger charge is -2.12. The first-order valence-electron chi connectivity index (χ1n) is 16.3. The van der Waals surface area contributed by atoms with Crippen LogP contribution in [0.25, 0.3) is 0 Å². The Morgan fingerprint density at radius 1 is 0.641 bits per heavy atom. The van der Waals surface area contributed by atoms with Gasteiger partial charge in [-0.25, -0.2) is 9.13 Å². The lowest BCUT2D eigenvalue weighted by molar-refractivity contribution is -0.710. The Labute approximate surface area is 240 Å². The van der Waals surface area contributed by atoms with Crippen molar-refractivity contribution >= 4 is 0 Å². The Bertz CT molecular complexity index is 1020. The van der Waals surface area contributed by atoms with Gasteiger partial charge in [-0.1, -0.05) is 145 Å². The van der Waals surface area contributed by atoms with Crippen molar-refractivity contribution in [2.45, 2.75) is 143 Å². The van der Waals surface area contributed by atoms with Gasteiger partial charge in [-0.3, -0.25) is 0 Å². The summed E-state index contributed by atoms with van der Waals surface area (Å²) in [6.07, 6.45) is 22.8. The van der Waals surface area contributed by atoms with Crippen molar-refractivity contribution in [3.05, 3.63) is 89.5 Å². The minimum atomic E-state index is 0.461. The number of rotatable bonds is 20. The van der Waals surface area contributed by atoms with Crippen LogP contribution in [0.15, 0.2) is 66.9 Å². The summed E-state index contributed by atoms with van der Waals surface area (Å²) in [4.78, 5) is 0. The Balaban J connectivity index is 1.57. The third-order valence-electron chi connectivity index (χ3n) is 8.38. The zero-order valence-electron chi connectivity index (χ0n) is 25.7. The molecule has 0 aliphatic rings. The predicted molar refractivity (Wildman–Crippen MR) is 169 cm³/mol. The number of hydrogen-bond acceptors (Lipinski definition) is 0. The van der Waals surface area contributed by atoms with Gasteiger partial charge in [0.25, 0.3) is 5.82 Å². The lowest BCUT2D eigenvalue weighted by atomic mass is 9.96. The predicted octanol–water partition coefficient (Wildman–Crippen LogP) is 10.4. The first-order valence-corrected chi connectivity index (χ1v) is 16.3. The Morgan fingerprint density at radius 2 is 1.15 bits per heavy atom. The second-order valence-corrected chi connectivity index (χ2v) is 12.1. The van der Waals surface area contributed by atoms with Crippen LogP contribution in [0.2, 0.25) is 0 Å². The van der Waals surface area contributed by atoms with Crippen molar-refractivity contribution in [2.24, 2.45) is 0 Å². The van der Waals surface area contributed by atoms with E-state index < -0.39 is 0 Å². The van der Waals surface area contributed by atoms with Crippen LogP contribution in [0, 0.1) is 0 Å². The number of aromatic nitrogens is 2. The highest BCUT2D eigenvalue weighted by molar-refractivity contribution is 5.21. The first-order chi connectivity index (χ1) is 19.1. The van der Waals surface area contributed by atoms with Gasteiger partial charge in [-0.2, -0.15) is 0 Å². The van der Waals surface area contributed by atoms with Gasteiger partial charge in [0, 0.05) is 6.42 Å². The summed E-state index contributed by atoms with van der Waals surface area (Å²) in [5, 5.41) is 0. The third-order valence-corrected chi connectivity index (χ3v) is 8.38. The molecule has 2 nitrogen and oxygen atoms in total. The number of imidazole rings is 1. The molecule has 1 aromatic heterocycles. The Morgan fingerprint density at radius 3 is 1.69 bits per heavy atom. The molecule has 1 atom stereocenters. The molecule has 0 radical (unpaired) electrons. The van der Waals surface area contributed by atoms with Crippen molar-refractivity contribution in [3.8, 4) is 0 Å². The molecule has 39 heavy (non-hydrogen) atoms. The zero-order valence-corrected chi connectivity index (χ0v) is 25.7. The van der Waals surface area contributed by atoms with Crippen LogP contribution in [-0.2, 0) is 19.4 Å². The maximum absolute atomic E-state index is 2.69. The number of unbranched alkanes of at least 4 members (excludes halogenated alkanes) is 12. The van der Waals surface area contributed by atoms with Crippen LogP contribution < -0.4 is 4.57 Å². The van der Waals surface area contributed by atoms with Crippen LogP contribution in [0.5, 0.6) is 0 Å². The van der Waals surface area contributed by atoms with E-state index >= 15 is 0 Å². The van der Waals surface area contributed by atoms with Gasteiger partial charge < -0.3 is 0 Å². The molecule has 0 saturated carbocycles. The SMILES string of the molecule is CCCCCCCCCCCCCCC[n+]1c(CC(C)c2ccccc2)cn(C(C)C)c1Cc1ccccc1. The van der Waals surface area contributed by atoms with Crippen LogP contribution in [0.1, 0.15) is 146 Å². The summed E-state index contributed by atoms with van der Waals surface area (Å²) in [7, 11) is 0. The molecular weight excluding hydrogens is 472 g/mol. The molecule has 0 saturated heterocycles. The van der Waals surface area contributed by atoms with Crippen molar-refractivity contribution in [1.82, 2.24) is 4.57 Å². The van der Waals surface area contributed by atoms with E-state index in [1.165, 1.54) is 106 Å². The average Bonchev–Trinajstić information content (AvgIpc) is 3.28. The molecule has 0 aliphatic carbocycles. The summed E-state index contributed by atoms with van der Waals surface area (Å²) in [5.41, 5.74) is 4.33. The van der Waals surface area contributed by atoms with E-state index in [1.807, 2.05) is 0 Å². The van der Waals surface area contributed by atoms with Crippen LogP contribution >= 0.6 is 0 Å². The van der Waals surface area contributed by atoms with Crippen molar-refractivity contribution in [3.63, 3.8) is 0 Å². The monoisotopic (exact) mass is 529 g/mol. The number of nitrogens with zero attached hydrogens (tertiary/aromatic N) is 2. The maximum atomic E-state index is 2.69. The number of benzene rings is 2. The molecule has 0 aliphatic heterocycles. The second kappa shape index (κ2) is 18.1. The second-order valence-electron chi connectivity index (χ2n) is 12.1. The average molecular weight is 530 g/mol. The molecule has 1 heterocycles. The normalized spacial score (nSPS) is 12.3. The van der Waals surface area contributed by atoms with E-state index in [4.69, 9.17) is 0 Å². The summed E-state index contributed by atoms with van der Waals surface area (Å²) in [6.45, 7) is 10.5. The topological polar surface area (TPSA) is 8.81 Å². The molecule has 0 N–H and O–H groups in total. The molecule has 3 aromatic rings. The molecular formula is C37H57N2+. The van der Waals surface area contributed by atoms with E-state index in [0.717, 1.165) is 19.4 Å². The first kappa shape index (κ1) is 31.2. The van der Waals surface area contributed by atoms with E-state index in [9.17, 15) is 0 Å². The molecule has 0 spiro atoms. The largest absolute Gasteiger partial charge is 0.261 e. The van der Waals surface area contributed by atoms with Crippen LogP contribution in [0.3, 0.4) is 0 Å². The van der Waals surface area contributed by atoms with Crippen LogP contribution in [0.4, 0.5) is 0 Å². The van der Waals surface area contributed by atoms with E-state index in [0.29, 0.717) is 12.0 Å². The van der Waals surface area contributed by atoms with E-state index in [-0.39, 0.29) is 0 Å². The van der Waals surface area contributed by atoms with Crippen molar-refractivity contribution < 1.29 is 4.57 Å². The molecule has 3 rings (SSSR count). The lowest BCUT2D eigenvalue weighted by Crippen LogP contribution is -2.42. The van der Waals surface area contributed by atoms with Gasteiger partial charge in [0.05, 0.1) is 19.0 Å². The smallest absolute Gasteiger partial charge is 0.232 e. The number of hydrogen-bond donors (Lipinski definition) is 0. The zero-order chi connectivity index (χ0) is 27.7. The molecule has 0 bridgehead atoms. The summed E-state index contributed by atoms with van der Waals surface area (Å²) >= 11 is 0. The molecule has 2 aromatic carbocycles. The Hall–Kier alpha value is -2.35. The fourth-order valence-corrected chi connectivity index (χ4v) is 5.96. The van der Waals surface area contributed by atoms with Gasteiger partial charge >= 0.3 is 0 Å². The fourth-order valence-electron chi connectivity index (χ4n) is 5.96. The Kier molecular flexibility index (Phi) is 14.5. The van der Waals surface area contributed by atoms with Gasteiger partial charge in [0.1, 0.15) is 11.9 Å². The summed E-state index contributed by atoms with van der Waals surface area (Å²) in [5.74, 6) is 1.97. The molecule has 1 unspecified atom stereocenters. The minimum Gasteiger partial charge on any atom is -0.232 e. The molecule has 0 amide bonds. The van der Waals surface area contributed by atoms with Gasteiger partial charge in [-0.15, -0.1) is 0 Å². The summed E-state index contributed by atoms with van der Waals surface area (Å²) in [6, 6.07) is 22.5. The minimum absolute atomic E-state index is 0.461. The molecule has 0 fully saturated rings. The quantitative estimate of drug-likeness (QED) is 0.102.